The predicted molar refractivity (Wildman–Crippen MR) is 205 cm³/mol. The Morgan fingerprint density at radius 1 is 0.420 bits per heavy atom. The molecule has 5 heteroatoms. The van der Waals surface area contributed by atoms with E-state index in [-0.39, 0.29) is 10.8 Å². The minimum atomic E-state index is -3.16. The monoisotopic (exact) mass is 665 g/mol. The molecule has 1 aliphatic carbocycles. The number of fused-ring (bicyclic) bond motifs is 5. The first kappa shape index (κ1) is 30.6. The second kappa shape index (κ2) is 11.0. The summed E-state index contributed by atoms with van der Waals surface area (Å²) in [5.41, 5.74) is 9.21. The lowest BCUT2D eigenvalue weighted by Crippen LogP contribution is -2.42. The predicted octanol–water partition coefficient (Wildman–Crippen LogP) is 9.46. The van der Waals surface area contributed by atoms with E-state index >= 15 is 4.57 Å². The van der Waals surface area contributed by atoms with Crippen molar-refractivity contribution in [2.24, 2.45) is 0 Å². The maximum Gasteiger partial charge on any atom is 0.171 e. The molecule has 242 valence electrons. The molecule has 1 atom stereocenters. The number of nitrogens with zero attached hydrogens (tertiary/aromatic N) is 3. The molecule has 2 heterocycles. The molecule has 0 bridgehead atoms. The minimum Gasteiger partial charge on any atom is -0.309 e. The zero-order valence-corrected chi connectivity index (χ0v) is 29.4. The van der Waals surface area contributed by atoms with Crippen LogP contribution in [0.5, 0.6) is 0 Å². The van der Waals surface area contributed by atoms with Crippen LogP contribution in [0, 0.1) is 0 Å². The highest BCUT2D eigenvalue weighted by atomic mass is 31.2. The van der Waals surface area contributed by atoms with Crippen molar-refractivity contribution in [3.8, 4) is 45.3 Å². The van der Waals surface area contributed by atoms with Gasteiger partial charge in [0.1, 0.15) is 0 Å². The number of benzene rings is 6. The van der Waals surface area contributed by atoms with Crippen LogP contribution in [-0.4, -0.2) is 15.0 Å². The lowest BCUT2D eigenvalue weighted by Gasteiger charge is -2.40. The molecular weight excluding hydrogens is 629 g/mol. The van der Waals surface area contributed by atoms with Crippen LogP contribution < -0.4 is 15.9 Å². The molecule has 0 saturated heterocycles. The van der Waals surface area contributed by atoms with Crippen LogP contribution in [0.1, 0.15) is 49.9 Å². The Bertz CT molecular complexity index is 2450. The van der Waals surface area contributed by atoms with Crippen molar-refractivity contribution in [3.63, 3.8) is 0 Å². The average Bonchev–Trinajstić information content (AvgIpc) is 3.39. The lowest BCUT2D eigenvalue weighted by atomic mass is 9.75. The Morgan fingerprint density at radius 3 is 1.54 bits per heavy atom. The van der Waals surface area contributed by atoms with E-state index in [1.807, 2.05) is 97.1 Å². The summed E-state index contributed by atoms with van der Waals surface area (Å²) in [5, 5.41) is 2.76. The van der Waals surface area contributed by atoms with Crippen LogP contribution in [0.3, 0.4) is 0 Å². The van der Waals surface area contributed by atoms with Gasteiger partial charge in [0.05, 0.1) is 0 Å². The first-order valence-corrected chi connectivity index (χ1v) is 18.9. The van der Waals surface area contributed by atoms with Crippen molar-refractivity contribution >= 4 is 23.1 Å². The van der Waals surface area contributed by atoms with Gasteiger partial charge in [-0.15, -0.1) is 0 Å². The summed E-state index contributed by atoms with van der Waals surface area (Å²) < 4.78 is 15.8. The highest BCUT2D eigenvalue weighted by molar-refractivity contribution is 7.85. The number of hydrogen-bond acceptors (Lipinski definition) is 4. The number of aromatic nitrogens is 3. The van der Waals surface area contributed by atoms with Gasteiger partial charge in [0, 0.05) is 43.4 Å². The van der Waals surface area contributed by atoms with Gasteiger partial charge in [0.25, 0.3) is 0 Å². The quantitative estimate of drug-likeness (QED) is 0.176. The SMILES string of the molecule is CC1(C)c2cc(-c3nc(-c4ccccc4)nc(-c4ccccc4)n3)ccc2-c2cc3c(cc21)P(=O)(c1ccccc1)c1ccccc1C3(C)C. The molecule has 0 spiro atoms. The Morgan fingerprint density at radius 2 is 0.920 bits per heavy atom. The van der Waals surface area contributed by atoms with Crippen molar-refractivity contribution < 1.29 is 4.57 Å². The summed E-state index contributed by atoms with van der Waals surface area (Å²) in [4.78, 5) is 14.9. The minimum absolute atomic E-state index is 0.330. The van der Waals surface area contributed by atoms with Gasteiger partial charge in [0.2, 0.25) is 0 Å². The summed E-state index contributed by atoms with van der Waals surface area (Å²) in [6, 6.07) is 49.8. The molecule has 50 heavy (non-hydrogen) atoms. The maximum absolute atomic E-state index is 15.8. The van der Waals surface area contributed by atoms with Crippen LogP contribution in [0.4, 0.5) is 0 Å². The molecule has 0 radical (unpaired) electrons. The van der Waals surface area contributed by atoms with Crippen LogP contribution in [-0.2, 0) is 15.4 Å². The number of hydrogen-bond donors (Lipinski definition) is 0. The van der Waals surface area contributed by atoms with E-state index in [2.05, 4.69) is 76.2 Å². The van der Waals surface area contributed by atoms with E-state index in [9.17, 15) is 0 Å². The topological polar surface area (TPSA) is 55.7 Å². The molecule has 4 nitrogen and oxygen atoms in total. The van der Waals surface area contributed by atoms with Crippen LogP contribution in [0.15, 0.2) is 146 Å². The van der Waals surface area contributed by atoms with E-state index in [0.717, 1.165) is 43.7 Å². The number of rotatable bonds is 4. The van der Waals surface area contributed by atoms with Crippen molar-refractivity contribution in [2.75, 3.05) is 0 Å². The van der Waals surface area contributed by atoms with E-state index < -0.39 is 7.14 Å². The molecule has 0 fully saturated rings. The van der Waals surface area contributed by atoms with Crippen molar-refractivity contribution in [2.45, 2.75) is 38.5 Å². The third kappa shape index (κ3) is 4.45. The van der Waals surface area contributed by atoms with Gasteiger partial charge in [0.15, 0.2) is 24.6 Å². The molecule has 9 rings (SSSR count). The standard InChI is InChI=1S/C45H36N3OP/c1-44(2)35-22-14-15-23-39(35)50(49,32-20-12-7-13-21-32)40-28-37-34(27-38(40)44)33-25-24-31(26-36(33)45(37,3)4)43-47-41(29-16-8-5-9-17-29)46-42(48-43)30-18-10-6-11-19-30/h5-28H,1-4H3. The Kier molecular flexibility index (Phi) is 6.75. The van der Waals surface area contributed by atoms with Crippen molar-refractivity contribution in [1.29, 1.82) is 0 Å². The fourth-order valence-electron chi connectivity index (χ4n) is 8.08. The smallest absolute Gasteiger partial charge is 0.171 e. The zero-order valence-electron chi connectivity index (χ0n) is 28.6. The first-order chi connectivity index (χ1) is 24.2. The fourth-order valence-corrected chi connectivity index (χ4v) is 11.5. The summed E-state index contributed by atoms with van der Waals surface area (Å²) in [5.74, 6) is 1.92. The maximum atomic E-state index is 15.8. The second-order valence-corrected chi connectivity index (χ2v) is 17.1. The third-order valence-electron chi connectivity index (χ3n) is 10.8. The van der Waals surface area contributed by atoms with Gasteiger partial charge in [-0.3, -0.25) is 0 Å². The summed E-state index contributed by atoms with van der Waals surface area (Å²) in [6.45, 7) is 9.10. The Hall–Kier alpha value is -5.44. The summed E-state index contributed by atoms with van der Waals surface area (Å²) >= 11 is 0. The lowest BCUT2D eigenvalue weighted by molar-refractivity contribution is 0.585. The molecule has 6 aromatic carbocycles. The largest absolute Gasteiger partial charge is 0.309 e. The zero-order chi connectivity index (χ0) is 34.3. The highest BCUT2D eigenvalue weighted by Gasteiger charge is 2.47. The van der Waals surface area contributed by atoms with E-state index in [1.165, 1.54) is 22.3 Å². The van der Waals surface area contributed by atoms with Crippen LogP contribution in [0.25, 0.3) is 45.3 Å². The van der Waals surface area contributed by atoms with Crippen molar-refractivity contribution in [3.05, 3.63) is 168 Å². The average molecular weight is 666 g/mol. The molecule has 0 N–H and O–H groups in total. The first-order valence-electron chi connectivity index (χ1n) is 17.1. The highest BCUT2D eigenvalue weighted by Crippen LogP contribution is 2.57. The molecule has 2 aliphatic rings. The second-order valence-electron chi connectivity index (χ2n) is 14.4. The normalized spacial score (nSPS) is 17.7. The van der Waals surface area contributed by atoms with Gasteiger partial charge < -0.3 is 4.57 Å². The van der Waals surface area contributed by atoms with E-state index in [4.69, 9.17) is 15.0 Å². The van der Waals surface area contributed by atoms with Gasteiger partial charge in [-0.2, -0.15) is 0 Å². The van der Waals surface area contributed by atoms with Crippen molar-refractivity contribution in [1.82, 2.24) is 15.0 Å². The summed E-state index contributed by atoms with van der Waals surface area (Å²) in [7, 11) is -3.16. The van der Waals surface area contributed by atoms with Gasteiger partial charge in [-0.05, 0) is 51.6 Å². The Labute approximate surface area is 293 Å². The summed E-state index contributed by atoms with van der Waals surface area (Å²) in [6.07, 6.45) is 0. The molecule has 0 amide bonds. The van der Waals surface area contributed by atoms with E-state index in [0.29, 0.717) is 17.5 Å². The molecule has 1 aliphatic heterocycles. The third-order valence-corrected chi connectivity index (χ3v) is 13.9. The van der Waals surface area contributed by atoms with Gasteiger partial charge in [-0.25, -0.2) is 15.0 Å². The molecule has 0 saturated carbocycles. The molecule has 1 unspecified atom stereocenters. The molecule has 1 aromatic heterocycles. The molecule has 7 aromatic rings. The van der Waals surface area contributed by atoms with E-state index in [1.54, 1.807) is 0 Å². The Balaban J connectivity index is 1.23. The van der Waals surface area contributed by atoms with Crippen LogP contribution >= 0.6 is 7.14 Å². The van der Waals surface area contributed by atoms with Gasteiger partial charge >= 0.3 is 0 Å². The van der Waals surface area contributed by atoms with Gasteiger partial charge in [-0.1, -0.05) is 155 Å². The van der Waals surface area contributed by atoms with Crippen LogP contribution in [0.2, 0.25) is 0 Å². The molecular formula is C45H36N3OP. The fraction of sp³-hybridized carbons (Fsp3) is 0.133.